The number of nitrogens with one attached hydrogen (secondary N) is 1. The number of hydrogen-bond acceptors (Lipinski definition) is 3. The van der Waals surface area contributed by atoms with E-state index in [1.807, 2.05) is 6.07 Å². The maximum atomic E-state index is 11.4. The Morgan fingerprint density at radius 2 is 2.20 bits per heavy atom. The fourth-order valence-corrected chi connectivity index (χ4v) is 1.22. The first-order valence-corrected chi connectivity index (χ1v) is 4.86. The van der Waals surface area contributed by atoms with E-state index in [9.17, 15) is 4.79 Å². The van der Waals surface area contributed by atoms with Gasteiger partial charge >= 0.3 is 0 Å². The summed E-state index contributed by atoms with van der Waals surface area (Å²) in [4.78, 5) is 15.5. The van der Waals surface area contributed by atoms with E-state index in [2.05, 4.69) is 24.1 Å². The molecule has 15 heavy (non-hydrogen) atoms. The Morgan fingerprint density at radius 1 is 1.53 bits per heavy atom. The van der Waals surface area contributed by atoms with Crippen LogP contribution in [0.15, 0.2) is 12.3 Å². The number of aromatic nitrogens is 1. The van der Waals surface area contributed by atoms with Crippen molar-refractivity contribution in [3.63, 3.8) is 0 Å². The highest BCUT2D eigenvalue weighted by atomic mass is 16.5. The Labute approximate surface area is 89.7 Å². The number of ether oxygens (including phenoxy) is 1. The SMILES string of the molecule is CNC(=O)c1ncc(C(C)C)cc1OC. The van der Waals surface area contributed by atoms with Crippen molar-refractivity contribution >= 4 is 5.91 Å². The largest absolute Gasteiger partial charge is 0.494 e. The summed E-state index contributed by atoms with van der Waals surface area (Å²) in [5.74, 6) is 0.646. The quantitative estimate of drug-likeness (QED) is 0.820. The number of rotatable bonds is 3. The highest BCUT2D eigenvalue weighted by Crippen LogP contribution is 2.22. The van der Waals surface area contributed by atoms with Crippen LogP contribution in [0.1, 0.15) is 35.8 Å². The van der Waals surface area contributed by atoms with E-state index < -0.39 is 0 Å². The first-order valence-electron chi connectivity index (χ1n) is 4.86. The van der Waals surface area contributed by atoms with Gasteiger partial charge in [0.2, 0.25) is 0 Å². The second kappa shape index (κ2) is 4.77. The van der Waals surface area contributed by atoms with Crippen LogP contribution in [-0.4, -0.2) is 25.0 Å². The van der Waals surface area contributed by atoms with Gasteiger partial charge in [0.05, 0.1) is 7.11 Å². The fourth-order valence-electron chi connectivity index (χ4n) is 1.22. The van der Waals surface area contributed by atoms with E-state index in [0.29, 0.717) is 17.4 Å². The molecular weight excluding hydrogens is 192 g/mol. The number of pyridine rings is 1. The molecule has 82 valence electrons. The molecule has 1 aromatic rings. The molecule has 0 fully saturated rings. The van der Waals surface area contributed by atoms with Gasteiger partial charge < -0.3 is 10.1 Å². The zero-order valence-electron chi connectivity index (χ0n) is 9.50. The van der Waals surface area contributed by atoms with Crippen molar-refractivity contribution in [2.24, 2.45) is 0 Å². The molecule has 4 heteroatoms. The average Bonchev–Trinajstić information content (AvgIpc) is 2.27. The van der Waals surface area contributed by atoms with Gasteiger partial charge in [-0.15, -0.1) is 0 Å². The molecule has 1 N–H and O–H groups in total. The molecular formula is C11H16N2O2. The van der Waals surface area contributed by atoms with E-state index in [1.165, 1.54) is 7.11 Å². The Morgan fingerprint density at radius 3 is 2.67 bits per heavy atom. The van der Waals surface area contributed by atoms with Crippen LogP contribution in [0.3, 0.4) is 0 Å². The zero-order chi connectivity index (χ0) is 11.4. The lowest BCUT2D eigenvalue weighted by Gasteiger charge is -2.10. The lowest BCUT2D eigenvalue weighted by molar-refractivity contribution is 0.0955. The van der Waals surface area contributed by atoms with E-state index in [1.54, 1.807) is 13.2 Å². The first kappa shape index (κ1) is 11.5. The predicted molar refractivity (Wildman–Crippen MR) is 58.3 cm³/mol. The number of amides is 1. The Kier molecular flexibility index (Phi) is 3.66. The Hall–Kier alpha value is -1.58. The number of carbonyl (C=O) groups is 1. The molecule has 1 heterocycles. The van der Waals surface area contributed by atoms with Crippen molar-refractivity contribution in [2.75, 3.05) is 14.2 Å². The van der Waals surface area contributed by atoms with Crippen molar-refractivity contribution < 1.29 is 9.53 Å². The van der Waals surface area contributed by atoms with Crippen LogP contribution in [0.25, 0.3) is 0 Å². The van der Waals surface area contributed by atoms with E-state index >= 15 is 0 Å². The number of hydrogen-bond donors (Lipinski definition) is 1. The molecule has 0 atom stereocenters. The molecule has 0 bridgehead atoms. The second-order valence-corrected chi connectivity index (χ2v) is 3.55. The average molecular weight is 208 g/mol. The van der Waals surface area contributed by atoms with Gasteiger partial charge in [-0.25, -0.2) is 4.98 Å². The molecule has 0 unspecified atom stereocenters. The minimum absolute atomic E-state index is 0.234. The standard InChI is InChI=1S/C11H16N2O2/c1-7(2)8-5-9(15-4)10(13-6-8)11(14)12-3/h5-7H,1-4H3,(H,12,14). The van der Waals surface area contributed by atoms with Crippen LogP contribution in [0.5, 0.6) is 5.75 Å². The lowest BCUT2D eigenvalue weighted by Crippen LogP contribution is -2.20. The monoisotopic (exact) mass is 208 g/mol. The van der Waals surface area contributed by atoms with Gasteiger partial charge in [-0.1, -0.05) is 13.8 Å². The molecule has 0 aromatic carbocycles. The van der Waals surface area contributed by atoms with Gasteiger partial charge in [-0.2, -0.15) is 0 Å². The van der Waals surface area contributed by atoms with Gasteiger partial charge in [0.25, 0.3) is 5.91 Å². The van der Waals surface area contributed by atoms with Gasteiger partial charge in [0.1, 0.15) is 5.75 Å². The highest BCUT2D eigenvalue weighted by Gasteiger charge is 2.13. The van der Waals surface area contributed by atoms with Gasteiger partial charge in [-0.3, -0.25) is 4.79 Å². The molecule has 0 aliphatic heterocycles. The van der Waals surface area contributed by atoms with E-state index in [4.69, 9.17) is 4.74 Å². The van der Waals surface area contributed by atoms with Gasteiger partial charge in [0, 0.05) is 13.2 Å². The van der Waals surface area contributed by atoms with Crippen LogP contribution in [0.4, 0.5) is 0 Å². The lowest BCUT2D eigenvalue weighted by atomic mass is 10.1. The van der Waals surface area contributed by atoms with Gasteiger partial charge in [-0.05, 0) is 17.5 Å². The Balaban J connectivity index is 3.15. The minimum atomic E-state index is -0.234. The summed E-state index contributed by atoms with van der Waals surface area (Å²) in [5.41, 5.74) is 1.38. The summed E-state index contributed by atoms with van der Waals surface area (Å²) in [6.07, 6.45) is 1.71. The van der Waals surface area contributed by atoms with Crippen molar-refractivity contribution in [1.29, 1.82) is 0 Å². The molecule has 1 rings (SSSR count). The van der Waals surface area contributed by atoms with E-state index in [-0.39, 0.29) is 5.91 Å². The smallest absolute Gasteiger partial charge is 0.273 e. The zero-order valence-corrected chi connectivity index (χ0v) is 9.50. The summed E-state index contributed by atoms with van der Waals surface area (Å²) in [7, 11) is 3.10. The van der Waals surface area contributed by atoms with E-state index in [0.717, 1.165) is 5.56 Å². The Bertz CT molecular complexity index is 362. The third kappa shape index (κ3) is 2.46. The van der Waals surface area contributed by atoms with Crippen LogP contribution in [0.2, 0.25) is 0 Å². The fraction of sp³-hybridized carbons (Fsp3) is 0.455. The third-order valence-corrected chi connectivity index (χ3v) is 2.20. The summed E-state index contributed by atoms with van der Waals surface area (Å²) in [6.45, 7) is 4.13. The third-order valence-electron chi connectivity index (χ3n) is 2.20. The van der Waals surface area contributed by atoms with Crippen molar-refractivity contribution in [1.82, 2.24) is 10.3 Å². The summed E-state index contributed by atoms with van der Waals surface area (Å²) >= 11 is 0. The van der Waals surface area contributed by atoms with Crippen LogP contribution in [-0.2, 0) is 0 Å². The maximum Gasteiger partial charge on any atom is 0.273 e. The highest BCUT2D eigenvalue weighted by molar-refractivity contribution is 5.94. The van der Waals surface area contributed by atoms with Crippen molar-refractivity contribution in [2.45, 2.75) is 19.8 Å². The number of methoxy groups -OCH3 is 1. The molecule has 0 aliphatic carbocycles. The molecule has 4 nitrogen and oxygen atoms in total. The molecule has 0 saturated carbocycles. The minimum Gasteiger partial charge on any atom is -0.494 e. The topological polar surface area (TPSA) is 51.2 Å². The maximum absolute atomic E-state index is 11.4. The molecule has 1 aromatic heterocycles. The summed E-state index contributed by atoms with van der Waals surface area (Å²) in [6, 6.07) is 1.85. The van der Waals surface area contributed by atoms with Crippen LogP contribution in [0, 0.1) is 0 Å². The number of carbonyl (C=O) groups excluding carboxylic acids is 1. The summed E-state index contributed by atoms with van der Waals surface area (Å²) in [5, 5.41) is 2.52. The van der Waals surface area contributed by atoms with Gasteiger partial charge in [0.15, 0.2) is 5.69 Å². The molecule has 0 aliphatic rings. The molecule has 0 radical (unpaired) electrons. The molecule has 1 amide bonds. The van der Waals surface area contributed by atoms with Crippen LogP contribution >= 0.6 is 0 Å². The molecule has 0 spiro atoms. The summed E-state index contributed by atoms with van der Waals surface area (Å²) < 4.78 is 5.14. The second-order valence-electron chi connectivity index (χ2n) is 3.55. The first-order chi connectivity index (χ1) is 7.10. The van der Waals surface area contributed by atoms with Crippen molar-refractivity contribution in [3.05, 3.63) is 23.5 Å². The predicted octanol–water partition coefficient (Wildman–Crippen LogP) is 1.57. The van der Waals surface area contributed by atoms with Crippen LogP contribution < -0.4 is 10.1 Å². The normalized spacial score (nSPS) is 10.2. The van der Waals surface area contributed by atoms with Crippen molar-refractivity contribution in [3.8, 4) is 5.75 Å². The number of nitrogens with zero attached hydrogens (tertiary/aromatic N) is 1. The molecule has 0 saturated heterocycles.